The molecule has 0 unspecified atom stereocenters. The van der Waals surface area contributed by atoms with Gasteiger partial charge in [0.1, 0.15) is 17.2 Å². The minimum absolute atomic E-state index is 0.211. The van der Waals surface area contributed by atoms with E-state index < -0.39 is 5.60 Å². The standard InChI is InChI=1S/C29H28F2N2O3/c30-24-6-1-20(2-7-24)11-14-32-28(34)27-18-22-17-23(5-10-26(22)36-27)29(35)12-15-33(16-13-29)19-21-3-8-25(31)9-4-21/h1-10,17-18,35H,11-16,19H2,(H,32,34). The second kappa shape index (κ2) is 10.2. The van der Waals surface area contributed by atoms with E-state index in [2.05, 4.69) is 10.2 Å². The Morgan fingerprint density at radius 3 is 2.22 bits per heavy atom. The number of carbonyl (C=O) groups excluding carboxylic acids is 1. The maximum Gasteiger partial charge on any atom is 0.287 e. The predicted octanol–water partition coefficient (Wildman–Crippen LogP) is 5.17. The largest absolute Gasteiger partial charge is 0.451 e. The Balaban J connectivity index is 1.19. The minimum Gasteiger partial charge on any atom is -0.451 e. The van der Waals surface area contributed by atoms with Crippen LogP contribution in [0.15, 0.2) is 77.2 Å². The van der Waals surface area contributed by atoms with E-state index in [1.54, 1.807) is 36.4 Å². The van der Waals surface area contributed by atoms with Crippen molar-refractivity contribution in [1.29, 1.82) is 0 Å². The normalized spacial score (nSPS) is 15.8. The van der Waals surface area contributed by atoms with E-state index in [1.807, 2.05) is 12.1 Å². The fourth-order valence-corrected chi connectivity index (χ4v) is 4.72. The first kappa shape index (κ1) is 24.2. The molecule has 1 fully saturated rings. The molecule has 0 aliphatic carbocycles. The van der Waals surface area contributed by atoms with Gasteiger partial charge in [-0.2, -0.15) is 0 Å². The van der Waals surface area contributed by atoms with E-state index >= 15 is 0 Å². The molecule has 5 nitrogen and oxygen atoms in total. The van der Waals surface area contributed by atoms with Crippen LogP contribution in [0.1, 0.15) is 40.1 Å². The van der Waals surface area contributed by atoms with Crippen molar-refractivity contribution in [2.45, 2.75) is 31.4 Å². The number of piperidine rings is 1. The number of halogens is 2. The van der Waals surface area contributed by atoms with Crippen LogP contribution >= 0.6 is 0 Å². The van der Waals surface area contributed by atoms with Crippen molar-refractivity contribution in [2.75, 3.05) is 19.6 Å². The summed E-state index contributed by atoms with van der Waals surface area (Å²) in [6.07, 6.45) is 1.74. The summed E-state index contributed by atoms with van der Waals surface area (Å²) in [6.45, 7) is 2.57. The van der Waals surface area contributed by atoms with Crippen LogP contribution in [0.5, 0.6) is 0 Å². The number of nitrogens with one attached hydrogen (secondary N) is 1. The zero-order valence-corrected chi connectivity index (χ0v) is 19.8. The number of aliphatic hydroxyl groups is 1. The Labute approximate surface area is 208 Å². The molecule has 1 aliphatic rings. The second-order valence-corrected chi connectivity index (χ2v) is 9.43. The monoisotopic (exact) mass is 490 g/mol. The smallest absolute Gasteiger partial charge is 0.287 e. The molecule has 0 bridgehead atoms. The van der Waals surface area contributed by atoms with Crippen molar-refractivity contribution >= 4 is 16.9 Å². The molecule has 0 radical (unpaired) electrons. The number of benzene rings is 3. The van der Waals surface area contributed by atoms with E-state index in [4.69, 9.17) is 4.42 Å². The van der Waals surface area contributed by atoms with Gasteiger partial charge in [-0.1, -0.05) is 30.3 Å². The van der Waals surface area contributed by atoms with Crippen LogP contribution in [0.25, 0.3) is 11.0 Å². The van der Waals surface area contributed by atoms with Gasteiger partial charge in [-0.15, -0.1) is 0 Å². The average molecular weight is 491 g/mol. The maximum absolute atomic E-state index is 13.2. The summed E-state index contributed by atoms with van der Waals surface area (Å²) < 4.78 is 31.9. The number of likely N-dealkylation sites (tertiary alicyclic amines) is 1. The number of hydrogen-bond donors (Lipinski definition) is 2. The molecule has 5 rings (SSSR count). The molecule has 7 heteroatoms. The summed E-state index contributed by atoms with van der Waals surface area (Å²) in [5, 5.41) is 15.0. The lowest BCUT2D eigenvalue weighted by molar-refractivity contribution is -0.0276. The fourth-order valence-electron chi connectivity index (χ4n) is 4.72. The molecule has 1 saturated heterocycles. The minimum atomic E-state index is -0.956. The van der Waals surface area contributed by atoms with Gasteiger partial charge in [0.15, 0.2) is 5.76 Å². The van der Waals surface area contributed by atoms with Gasteiger partial charge in [0.2, 0.25) is 0 Å². The Morgan fingerprint density at radius 1 is 0.917 bits per heavy atom. The van der Waals surface area contributed by atoms with Crippen molar-refractivity contribution in [3.63, 3.8) is 0 Å². The third kappa shape index (κ3) is 5.48. The Morgan fingerprint density at radius 2 is 1.56 bits per heavy atom. The number of rotatable bonds is 7. The number of amides is 1. The van der Waals surface area contributed by atoms with E-state index in [1.165, 1.54) is 24.3 Å². The zero-order valence-electron chi connectivity index (χ0n) is 19.8. The third-order valence-electron chi connectivity index (χ3n) is 6.89. The highest BCUT2D eigenvalue weighted by atomic mass is 19.1. The first-order chi connectivity index (χ1) is 17.4. The van der Waals surface area contributed by atoms with Gasteiger partial charge < -0.3 is 14.8 Å². The zero-order chi connectivity index (χ0) is 25.1. The SMILES string of the molecule is O=C(NCCc1ccc(F)cc1)c1cc2cc(C3(O)CCN(Cc4ccc(F)cc4)CC3)ccc2o1. The van der Waals surface area contributed by atoms with Crippen molar-refractivity contribution in [3.8, 4) is 0 Å². The molecule has 2 heterocycles. The first-order valence-electron chi connectivity index (χ1n) is 12.1. The van der Waals surface area contributed by atoms with E-state index in [9.17, 15) is 18.7 Å². The van der Waals surface area contributed by atoms with E-state index in [-0.39, 0.29) is 23.3 Å². The van der Waals surface area contributed by atoms with Gasteiger partial charge >= 0.3 is 0 Å². The van der Waals surface area contributed by atoms with Gasteiger partial charge in [-0.3, -0.25) is 9.69 Å². The van der Waals surface area contributed by atoms with Crippen LogP contribution in [0.2, 0.25) is 0 Å². The van der Waals surface area contributed by atoms with Crippen LogP contribution in [0, 0.1) is 11.6 Å². The number of carbonyl (C=O) groups is 1. The lowest BCUT2D eigenvalue weighted by Gasteiger charge is -2.38. The Hall–Kier alpha value is -3.55. The second-order valence-electron chi connectivity index (χ2n) is 9.43. The van der Waals surface area contributed by atoms with Crippen LogP contribution in [0.3, 0.4) is 0 Å². The fraction of sp³-hybridized carbons (Fsp3) is 0.276. The Kier molecular flexibility index (Phi) is 6.85. The van der Waals surface area contributed by atoms with Crippen molar-refractivity contribution in [3.05, 3.63) is 107 Å². The van der Waals surface area contributed by atoms with Crippen molar-refractivity contribution < 1.29 is 23.1 Å². The quantitative estimate of drug-likeness (QED) is 0.375. The molecule has 0 atom stereocenters. The van der Waals surface area contributed by atoms with E-state index in [0.717, 1.165) is 41.7 Å². The van der Waals surface area contributed by atoms with Crippen LogP contribution in [0.4, 0.5) is 8.78 Å². The highest BCUT2D eigenvalue weighted by molar-refractivity contribution is 5.96. The molecular weight excluding hydrogens is 462 g/mol. The summed E-state index contributed by atoms with van der Waals surface area (Å²) >= 11 is 0. The lowest BCUT2D eigenvalue weighted by atomic mass is 9.84. The maximum atomic E-state index is 13.2. The topological polar surface area (TPSA) is 65.7 Å². The van der Waals surface area contributed by atoms with Gasteiger partial charge in [-0.05, 0) is 78.4 Å². The third-order valence-corrected chi connectivity index (χ3v) is 6.89. The van der Waals surface area contributed by atoms with Gasteiger partial charge in [0.05, 0.1) is 5.60 Å². The van der Waals surface area contributed by atoms with Crippen LogP contribution in [-0.4, -0.2) is 35.5 Å². The van der Waals surface area contributed by atoms with Crippen LogP contribution in [-0.2, 0) is 18.6 Å². The van der Waals surface area contributed by atoms with Gasteiger partial charge in [0, 0.05) is 31.6 Å². The molecule has 1 amide bonds. The molecule has 3 aromatic carbocycles. The average Bonchev–Trinajstić information content (AvgIpc) is 3.32. The highest BCUT2D eigenvalue weighted by Crippen LogP contribution is 2.35. The summed E-state index contributed by atoms with van der Waals surface area (Å²) in [7, 11) is 0. The van der Waals surface area contributed by atoms with E-state index in [0.29, 0.717) is 31.4 Å². The summed E-state index contributed by atoms with van der Waals surface area (Å²) in [6, 6.07) is 20.0. The number of furan rings is 1. The summed E-state index contributed by atoms with van der Waals surface area (Å²) in [4.78, 5) is 14.8. The molecule has 36 heavy (non-hydrogen) atoms. The number of nitrogens with zero attached hydrogens (tertiary/aromatic N) is 1. The van der Waals surface area contributed by atoms with Gasteiger partial charge in [-0.25, -0.2) is 8.78 Å². The summed E-state index contributed by atoms with van der Waals surface area (Å²) in [5.74, 6) is -0.637. The lowest BCUT2D eigenvalue weighted by Crippen LogP contribution is -2.42. The summed E-state index contributed by atoms with van der Waals surface area (Å²) in [5.41, 5.74) is 2.41. The molecule has 4 aromatic rings. The molecule has 1 aliphatic heterocycles. The molecule has 186 valence electrons. The molecule has 2 N–H and O–H groups in total. The molecule has 0 spiro atoms. The molecule has 0 saturated carbocycles. The number of fused-ring (bicyclic) bond motifs is 1. The van der Waals surface area contributed by atoms with Crippen LogP contribution < -0.4 is 5.32 Å². The van der Waals surface area contributed by atoms with Crippen molar-refractivity contribution in [2.24, 2.45) is 0 Å². The first-order valence-corrected chi connectivity index (χ1v) is 12.1. The van der Waals surface area contributed by atoms with Gasteiger partial charge in [0.25, 0.3) is 5.91 Å². The highest BCUT2D eigenvalue weighted by Gasteiger charge is 2.34. The predicted molar refractivity (Wildman–Crippen MR) is 133 cm³/mol. The molecule has 1 aromatic heterocycles. The Bertz CT molecular complexity index is 1340. The number of hydrogen-bond acceptors (Lipinski definition) is 4. The van der Waals surface area contributed by atoms with Crippen molar-refractivity contribution in [1.82, 2.24) is 10.2 Å². The molecular formula is C29H28F2N2O3.